The minimum absolute atomic E-state index is 0.0371. The van der Waals surface area contributed by atoms with Gasteiger partial charge in [-0.3, -0.25) is 4.79 Å². The number of carbonyl (C=O) groups is 1. The highest BCUT2D eigenvalue weighted by Gasteiger charge is 2.66. The Bertz CT molecular complexity index is 793. The molecule has 0 bridgehead atoms. The van der Waals surface area contributed by atoms with E-state index in [-0.39, 0.29) is 35.5 Å². The van der Waals surface area contributed by atoms with Crippen molar-refractivity contribution >= 4 is 5.78 Å². The zero-order chi connectivity index (χ0) is 25.1. The van der Waals surface area contributed by atoms with Crippen LogP contribution in [-0.2, 0) is 9.53 Å². The topological polar surface area (TPSA) is 46.5 Å². The zero-order valence-corrected chi connectivity index (χ0v) is 21.7. The molecule has 1 N–H and O–H groups in total. The van der Waals surface area contributed by atoms with E-state index in [1.807, 2.05) is 0 Å². The van der Waals surface area contributed by atoms with Crippen LogP contribution in [0.25, 0.3) is 0 Å². The lowest BCUT2D eigenvalue weighted by atomic mass is 9.43. The van der Waals surface area contributed by atoms with Crippen LogP contribution in [0.4, 0.5) is 13.2 Å². The fourth-order valence-corrected chi connectivity index (χ4v) is 10.2. The monoisotopic (exact) mass is 498 g/mol. The number of carbonyl (C=O) groups excluding carboxylic acids is 1. The van der Waals surface area contributed by atoms with Crippen LogP contribution in [0.15, 0.2) is 0 Å². The smallest absolute Gasteiger partial charge is 0.384 e. The van der Waals surface area contributed by atoms with Crippen LogP contribution in [0, 0.1) is 46.3 Å². The molecule has 0 spiro atoms. The molecule has 5 fully saturated rings. The molecule has 0 heterocycles. The first kappa shape index (κ1) is 26.0. The van der Waals surface area contributed by atoms with Gasteiger partial charge in [0, 0.05) is 19.4 Å². The molecule has 5 rings (SSSR count). The number of hydrogen-bond donors (Lipinski definition) is 1. The number of ether oxygens (including phenoxy) is 1. The normalized spacial score (nSPS) is 46.5. The predicted octanol–water partition coefficient (Wildman–Crippen LogP) is 7.10. The summed E-state index contributed by atoms with van der Waals surface area (Å²) < 4.78 is 46.9. The molecule has 0 radical (unpaired) electrons. The Kier molecular flexibility index (Phi) is 6.90. The number of ketones is 1. The molecule has 0 aromatic carbocycles. The average molecular weight is 499 g/mol. The SMILES string of the molecule is COC[C@]12CC[C@](O)(C(F)(F)F)C[C@H]1CC[C@H]1[C@@H]3CC[C@H](C(=O)CC4CCCCC4)[C@@]3(C)CC[C@@H]12. The molecule has 6 heteroatoms. The third-order valence-corrected chi connectivity index (χ3v) is 12.0. The van der Waals surface area contributed by atoms with Gasteiger partial charge in [-0.25, -0.2) is 0 Å². The fraction of sp³-hybridized carbons (Fsp3) is 0.966. The molecule has 0 aliphatic heterocycles. The van der Waals surface area contributed by atoms with Crippen LogP contribution in [0.3, 0.4) is 0 Å². The van der Waals surface area contributed by atoms with Crippen molar-refractivity contribution in [3.8, 4) is 0 Å². The van der Waals surface area contributed by atoms with Crippen LogP contribution in [0.1, 0.15) is 103 Å². The first-order valence-electron chi connectivity index (χ1n) is 14.3. The van der Waals surface area contributed by atoms with Crippen LogP contribution >= 0.6 is 0 Å². The van der Waals surface area contributed by atoms with E-state index in [9.17, 15) is 23.1 Å². The molecule has 5 saturated carbocycles. The molecule has 5 aliphatic carbocycles. The van der Waals surface area contributed by atoms with Crippen molar-refractivity contribution < 1.29 is 27.8 Å². The summed E-state index contributed by atoms with van der Waals surface area (Å²) in [5.74, 6) is 2.36. The Labute approximate surface area is 208 Å². The van der Waals surface area contributed by atoms with Crippen LogP contribution in [-0.4, -0.2) is 36.4 Å². The number of fused-ring (bicyclic) bond motifs is 5. The molecule has 35 heavy (non-hydrogen) atoms. The van der Waals surface area contributed by atoms with Crippen LogP contribution in [0.5, 0.6) is 0 Å². The Morgan fingerprint density at radius 3 is 2.37 bits per heavy atom. The van der Waals surface area contributed by atoms with E-state index in [0.717, 1.165) is 44.9 Å². The predicted molar refractivity (Wildman–Crippen MR) is 129 cm³/mol. The number of aliphatic hydroxyl groups is 1. The second-order valence-corrected chi connectivity index (χ2v) is 13.4. The zero-order valence-electron chi connectivity index (χ0n) is 21.7. The lowest BCUT2D eigenvalue weighted by molar-refractivity contribution is -0.294. The maximum Gasteiger partial charge on any atom is 0.417 e. The molecular weight excluding hydrogens is 453 g/mol. The maximum atomic E-state index is 13.7. The third-order valence-electron chi connectivity index (χ3n) is 12.0. The lowest BCUT2D eigenvalue weighted by Gasteiger charge is -2.62. The van der Waals surface area contributed by atoms with Gasteiger partial charge >= 0.3 is 6.18 Å². The van der Waals surface area contributed by atoms with Crippen molar-refractivity contribution in [3.63, 3.8) is 0 Å². The van der Waals surface area contributed by atoms with Gasteiger partial charge in [-0.1, -0.05) is 39.0 Å². The number of Topliss-reactive ketones (excluding diaryl/α,β-unsaturated/α-hetero) is 1. The van der Waals surface area contributed by atoms with Gasteiger partial charge in [-0.05, 0) is 98.2 Å². The molecule has 0 saturated heterocycles. The quantitative estimate of drug-likeness (QED) is 0.440. The van der Waals surface area contributed by atoms with Gasteiger partial charge in [0.2, 0.25) is 0 Å². The van der Waals surface area contributed by atoms with E-state index in [1.165, 1.54) is 32.1 Å². The summed E-state index contributed by atoms with van der Waals surface area (Å²) in [6.45, 7) is 2.85. The van der Waals surface area contributed by atoms with Crippen LogP contribution < -0.4 is 0 Å². The van der Waals surface area contributed by atoms with Crippen molar-refractivity contribution in [2.75, 3.05) is 13.7 Å². The third kappa shape index (κ3) is 4.21. The number of methoxy groups -OCH3 is 1. The first-order valence-corrected chi connectivity index (χ1v) is 14.3. The molecule has 0 aromatic heterocycles. The van der Waals surface area contributed by atoms with E-state index in [0.29, 0.717) is 42.5 Å². The molecule has 5 aliphatic rings. The van der Waals surface area contributed by atoms with Crippen molar-refractivity contribution in [3.05, 3.63) is 0 Å². The number of rotatable bonds is 5. The number of halogens is 3. The maximum absolute atomic E-state index is 13.7. The Morgan fingerprint density at radius 1 is 0.943 bits per heavy atom. The van der Waals surface area contributed by atoms with Crippen LogP contribution in [0.2, 0.25) is 0 Å². The minimum Gasteiger partial charge on any atom is -0.384 e. The summed E-state index contributed by atoms with van der Waals surface area (Å²) in [7, 11) is 1.67. The lowest BCUT2D eigenvalue weighted by Crippen LogP contribution is -2.61. The van der Waals surface area contributed by atoms with Gasteiger partial charge in [0.15, 0.2) is 5.60 Å². The molecule has 0 unspecified atom stereocenters. The highest BCUT2D eigenvalue weighted by atomic mass is 19.4. The van der Waals surface area contributed by atoms with Crippen molar-refractivity contribution in [1.29, 1.82) is 0 Å². The number of hydrogen-bond acceptors (Lipinski definition) is 3. The molecule has 200 valence electrons. The molecule has 3 nitrogen and oxygen atoms in total. The average Bonchev–Trinajstić information content (AvgIpc) is 3.17. The highest BCUT2D eigenvalue weighted by molar-refractivity contribution is 5.82. The second kappa shape index (κ2) is 9.29. The van der Waals surface area contributed by atoms with Gasteiger partial charge in [-0.2, -0.15) is 13.2 Å². The van der Waals surface area contributed by atoms with Gasteiger partial charge in [0.1, 0.15) is 5.78 Å². The van der Waals surface area contributed by atoms with Gasteiger partial charge in [0.05, 0.1) is 6.61 Å². The Balaban J connectivity index is 1.34. The van der Waals surface area contributed by atoms with E-state index < -0.39 is 11.8 Å². The summed E-state index contributed by atoms with van der Waals surface area (Å²) in [4.78, 5) is 13.5. The van der Waals surface area contributed by atoms with Gasteiger partial charge < -0.3 is 9.84 Å². The largest absolute Gasteiger partial charge is 0.417 e. The second-order valence-electron chi connectivity index (χ2n) is 13.4. The summed E-state index contributed by atoms with van der Waals surface area (Å²) >= 11 is 0. The Hall–Kier alpha value is -0.620. The summed E-state index contributed by atoms with van der Waals surface area (Å²) in [5, 5.41) is 10.5. The van der Waals surface area contributed by atoms with Gasteiger partial charge in [-0.15, -0.1) is 0 Å². The van der Waals surface area contributed by atoms with Crippen molar-refractivity contribution in [2.24, 2.45) is 46.3 Å². The minimum atomic E-state index is -4.58. The molecule has 0 aromatic rings. The van der Waals surface area contributed by atoms with E-state index in [4.69, 9.17) is 4.74 Å². The molecular formula is C29H45F3O3. The van der Waals surface area contributed by atoms with Crippen molar-refractivity contribution in [1.82, 2.24) is 0 Å². The highest BCUT2D eigenvalue weighted by Crippen LogP contribution is 2.69. The summed E-state index contributed by atoms with van der Waals surface area (Å²) in [5.41, 5.74) is -2.80. The van der Waals surface area contributed by atoms with E-state index in [1.54, 1.807) is 7.11 Å². The van der Waals surface area contributed by atoms with E-state index >= 15 is 0 Å². The molecule has 8 atom stereocenters. The first-order chi connectivity index (χ1) is 16.5. The Morgan fingerprint density at radius 2 is 1.69 bits per heavy atom. The summed E-state index contributed by atoms with van der Waals surface area (Å²) in [6, 6.07) is 0. The van der Waals surface area contributed by atoms with Gasteiger partial charge in [0.25, 0.3) is 0 Å². The van der Waals surface area contributed by atoms with Crippen molar-refractivity contribution in [2.45, 2.75) is 115 Å². The standard InChI is InChI=1S/C29H45F3O3/c1-26-13-12-23-21(22(26)10-11-24(26)25(33)16-19-6-4-3-5-7-19)9-8-20-17-28(34,29(30,31)32)15-14-27(20,23)18-35-2/h19-24,34H,3-18H2,1-2H3/t20-,21+,22+,23+,24-,26+,27-,28-/m1/s1. The summed E-state index contributed by atoms with van der Waals surface area (Å²) in [6.07, 6.45) is 8.11. The number of alkyl halides is 3. The fourth-order valence-electron chi connectivity index (χ4n) is 10.2. The van der Waals surface area contributed by atoms with E-state index in [2.05, 4.69) is 6.92 Å². The molecule has 0 amide bonds.